The summed E-state index contributed by atoms with van der Waals surface area (Å²) in [7, 11) is 0. The van der Waals surface area contributed by atoms with Crippen LogP contribution in [0.25, 0.3) is 21.3 Å². The first-order valence-electron chi connectivity index (χ1n) is 10.1. The lowest BCUT2D eigenvalue weighted by Gasteiger charge is -2.13. The first-order chi connectivity index (χ1) is 16.8. The third-order valence-electron chi connectivity index (χ3n) is 5.05. The van der Waals surface area contributed by atoms with Gasteiger partial charge in [-0.15, -0.1) is 11.3 Å². The van der Waals surface area contributed by atoms with Gasteiger partial charge in [-0.1, -0.05) is 12.1 Å². The van der Waals surface area contributed by atoms with E-state index in [1.165, 1.54) is 19.1 Å². The molecular formula is C22H15F6N5O2S. The highest BCUT2D eigenvalue weighted by molar-refractivity contribution is 7.21. The molecule has 0 radical (unpaired) electrons. The molecule has 7 nitrogen and oxygen atoms in total. The fourth-order valence-corrected chi connectivity index (χ4v) is 4.58. The summed E-state index contributed by atoms with van der Waals surface area (Å²) in [5, 5.41) is 6.19. The molecule has 2 amide bonds. The number of benzene rings is 1. The van der Waals surface area contributed by atoms with Gasteiger partial charge in [0.05, 0.1) is 11.4 Å². The third-order valence-corrected chi connectivity index (χ3v) is 6.14. The molecule has 0 bridgehead atoms. The number of amides is 2. The van der Waals surface area contributed by atoms with Crippen molar-refractivity contribution >= 4 is 39.1 Å². The summed E-state index contributed by atoms with van der Waals surface area (Å²) in [6.45, 7) is 0.778. The number of anilines is 1. The largest absolute Gasteiger partial charge is 0.433 e. The molecule has 1 aromatic carbocycles. The number of halogens is 6. The lowest BCUT2D eigenvalue weighted by Crippen LogP contribution is -2.22. The zero-order valence-corrected chi connectivity index (χ0v) is 19.0. The Balaban J connectivity index is 1.87. The van der Waals surface area contributed by atoms with Gasteiger partial charge in [-0.3, -0.25) is 14.3 Å². The van der Waals surface area contributed by atoms with Crippen molar-refractivity contribution in [3.05, 3.63) is 64.2 Å². The summed E-state index contributed by atoms with van der Waals surface area (Å²) >= 11 is 0.518. The quantitative estimate of drug-likeness (QED) is 0.332. The minimum Gasteiger partial charge on any atom is -0.365 e. The van der Waals surface area contributed by atoms with Gasteiger partial charge in [0.2, 0.25) is 5.91 Å². The number of aromatic nitrogens is 3. The zero-order chi connectivity index (χ0) is 26.4. The first kappa shape index (κ1) is 25.2. The molecule has 4 aromatic rings. The van der Waals surface area contributed by atoms with Crippen LogP contribution in [0.4, 0.5) is 32.0 Å². The van der Waals surface area contributed by atoms with E-state index in [-0.39, 0.29) is 37.6 Å². The Bertz CT molecular complexity index is 1480. The van der Waals surface area contributed by atoms with Crippen LogP contribution in [0.3, 0.4) is 0 Å². The summed E-state index contributed by atoms with van der Waals surface area (Å²) < 4.78 is 81.4. The van der Waals surface area contributed by atoms with Crippen LogP contribution in [0.2, 0.25) is 0 Å². The maximum Gasteiger partial charge on any atom is 0.433 e. The molecule has 0 aliphatic heterocycles. The highest BCUT2D eigenvalue weighted by Crippen LogP contribution is 2.43. The minimum absolute atomic E-state index is 0.0486. The second kappa shape index (κ2) is 9.26. The van der Waals surface area contributed by atoms with Crippen LogP contribution >= 0.6 is 11.3 Å². The smallest absolute Gasteiger partial charge is 0.365 e. The normalized spacial score (nSPS) is 11.9. The molecule has 0 unspecified atom stereocenters. The molecule has 0 atom stereocenters. The first-order valence-corrected chi connectivity index (χ1v) is 10.9. The Labute approximate surface area is 202 Å². The van der Waals surface area contributed by atoms with Crippen molar-refractivity contribution in [1.29, 1.82) is 0 Å². The molecule has 14 heteroatoms. The Morgan fingerprint density at radius 1 is 1.17 bits per heavy atom. The lowest BCUT2D eigenvalue weighted by atomic mass is 10.0. The number of nitrogens with zero attached hydrogens (tertiary/aromatic N) is 3. The standard InChI is InChI=1S/C22H15F6N5O2S/c1-9-6-13(19(24)25)33(32-9)8-15(34)31-17-16-12(10-2-4-11(23)5-3-10)7-14(22(26,27)28)30-21(16)36-18(17)20(29)35/h2-7,19H,8H2,1H3,(H2,29,35)(H,31,34). The second-order valence-electron chi connectivity index (χ2n) is 7.63. The number of hydrogen-bond acceptors (Lipinski definition) is 5. The van der Waals surface area contributed by atoms with E-state index < -0.39 is 48.2 Å². The van der Waals surface area contributed by atoms with Crippen molar-refractivity contribution in [3.8, 4) is 11.1 Å². The highest BCUT2D eigenvalue weighted by atomic mass is 32.1. The highest BCUT2D eigenvalue weighted by Gasteiger charge is 2.35. The zero-order valence-electron chi connectivity index (χ0n) is 18.2. The summed E-state index contributed by atoms with van der Waals surface area (Å²) in [5.74, 6) is -2.59. The van der Waals surface area contributed by atoms with E-state index in [9.17, 15) is 35.9 Å². The number of hydrogen-bond donors (Lipinski definition) is 2. The van der Waals surface area contributed by atoms with Crippen molar-refractivity contribution < 1.29 is 35.9 Å². The molecule has 0 spiro atoms. The number of nitrogens with one attached hydrogen (secondary N) is 1. The molecular weight excluding hydrogens is 512 g/mol. The number of alkyl halides is 5. The molecule has 3 aromatic heterocycles. The van der Waals surface area contributed by atoms with Gasteiger partial charge in [0.25, 0.3) is 12.3 Å². The van der Waals surface area contributed by atoms with Gasteiger partial charge in [0.1, 0.15) is 33.5 Å². The van der Waals surface area contributed by atoms with Crippen LogP contribution in [0, 0.1) is 12.7 Å². The topological polar surface area (TPSA) is 103 Å². The third kappa shape index (κ3) is 4.89. The van der Waals surface area contributed by atoms with Crippen LogP contribution < -0.4 is 11.1 Å². The molecule has 3 heterocycles. The number of carbonyl (C=O) groups is 2. The number of fused-ring (bicyclic) bond motifs is 1. The molecule has 0 saturated heterocycles. The van der Waals surface area contributed by atoms with Crippen LogP contribution in [-0.4, -0.2) is 26.6 Å². The van der Waals surface area contributed by atoms with Crippen molar-refractivity contribution in [1.82, 2.24) is 14.8 Å². The second-order valence-corrected chi connectivity index (χ2v) is 8.63. The van der Waals surface area contributed by atoms with E-state index in [0.29, 0.717) is 17.4 Å². The average Bonchev–Trinajstić information content (AvgIpc) is 3.33. The van der Waals surface area contributed by atoms with Crippen LogP contribution in [0.15, 0.2) is 36.4 Å². The Morgan fingerprint density at radius 2 is 1.83 bits per heavy atom. The van der Waals surface area contributed by atoms with E-state index in [1.807, 2.05) is 0 Å². The van der Waals surface area contributed by atoms with E-state index in [4.69, 9.17) is 5.73 Å². The molecule has 0 fully saturated rings. The summed E-state index contributed by atoms with van der Waals surface area (Å²) in [6.07, 6.45) is -7.77. The maximum absolute atomic E-state index is 13.5. The summed E-state index contributed by atoms with van der Waals surface area (Å²) in [5.41, 5.74) is 3.65. The number of aryl methyl sites for hydroxylation is 1. The fraction of sp³-hybridized carbons (Fsp3) is 0.182. The van der Waals surface area contributed by atoms with Gasteiger partial charge < -0.3 is 11.1 Å². The van der Waals surface area contributed by atoms with Gasteiger partial charge in [0.15, 0.2) is 0 Å². The van der Waals surface area contributed by atoms with Crippen molar-refractivity contribution in [2.75, 3.05) is 5.32 Å². The average molecular weight is 527 g/mol. The van der Waals surface area contributed by atoms with Crippen LogP contribution in [0.5, 0.6) is 0 Å². The molecule has 3 N–H and O–H groups in total. The molecule has 36 heavy (non-hydrogen) atoms. The van der Waals surface area contributed by atoms with E-state index in [2.05, 4.69) is 15.4 Å². The van der Waals surface area contributed by atoms with Gasteiger partial charge in [-0.25, -0.2) is 18.2 Å². The van der Waals surface area contributed by atoms with Crippen molar-refractivity contribution in [3.63, 3.8) is 0 Å². The predicted molar refractivity (Wildman–Crippen MR) is 119 cm³/mol. The number of nitrogens with two attached hydrogens (primary N) is 1. The summed E-state index contributed by atoms with van der Waals surface area (Å²) in [4.78, 5) is 27.9. The van der Waals surface area contributed by atoms with Crippen LogP contribution in [-0.2, 0) is 17.5 Å². The lowest BCUT2D eigenvalue weighted by molar-refractivity contribution is -0.140. The van der Waals surface area contributed by atoms with E-state index >= 15 is 0 Å². The summed E-state index contributed by atoms with van der Waals surface area (Å²) in [6, 6.07) is 6.30. The minimum atomic E-state index is -4.85. The van der Waals surface area contributed by atoms with Crippen LogP contribution in [0.1, 0.15) is 33.2 Å². The number of carbonyl (C=O) groups excluding carboxylic acids is 2. The van der Waals surface area contributed by atoms with Crippen molar-refractivity contribution in [2.24, 2.45) is 5.73 Å². The molecule has 4 rings (SSSR count). The van der Waals surface area contributed by atoms with Crippen molar-refractivity contribution in [2.45, 2.75) is 26.1 Å². The molecule has 0 aliphatic carbocycles. The van der Waals surface area contributed by atoms with Gasteiger partial charge in [-0.2, -0.15) is 18.3 Å². The fourth-order valence-electron chi connectivity index (χ4n) is 3.58. The Hall–Kier alpha value is -3.94. The number of pyridine rings is 1. The van der Waals surface area contributed by atoms with Gasteiger partial charge in [-0.05, 0) is 42.3 Å². The predicted octanol–water partition coefficient (Wildman–Crippen LogP) is 5.30. The number of thiophene rings is 1. The van der Waals surface area contributed by atoms with Gasteiger partial charge in [0, 0.05) is 5.39 Å². The molecule has 0 aliphatic rings. The Kier molecular flexibility index (Phi) is 6.47. The maximum atomic E-state index is 13.5. The van der Waals surface area contributed by atoms with E-state index in [1.54, 1.807) is 0 Å². The Morgan fingerprint density at radius 3 is 2.42 bits per heavy atom. The molecule has 188 valence electrons. The number of primary amides is 1. The molecule has 0 saturated carbocycles. The van der Waals surface area contributed by atoms with Gasteiger partial charge >= 0.3 is 6.18 Å². The monoisotopic (exact) mass is 527 g/mol. The SMILES string of the molecule is Cc1cc(C(F)F)n(CC(=O)Nc2c(C(N)=O)sc3nc(C(F)(F)F)cc(-c4ccc(F)cc4)c23)n1. The van der Waals surface area contributed by atoms with E-state index in [0.717, 1.165) is 22.9 Å². The number of rotatable bonds is 6.